The molecule has 0 atom stereocenters. The van der Waals surface area contributed by atoms with Crippen molar-refractivity contribution in [3.63, 3.8) is 0 Å². The largest absolute Gasteiger partial charge is 0.507 e. The van der Waals surface area contributed by atoms with Crippen LogP contribution in [0.2, 0.25) is 0 Å². The van der Waals surface area contributed by atoms with E-state index in [-0.39, 0.29) is 5.75 Å². The number of rotatable bonds is 3. The second-order valence-electron chi connectivity index (χ2n) is 4.84. The van der Waals surface area contributed by atoms with E-state index in [1.54, 1.807) is 18.2 Å². The van der Waals surface area contributed by atoms with Crippen LogP contribution in [0.5, 0.6) is 5.75 Å². The lowest BCUT2D eigenvalue weighted by molar-refractivity contribution is 0.112. The molecule has 0 aliphatic rings. The number of hydrogen-bond donors (Lipinski definition) is 1. The Morgan fingerprint density at radius 1 is 0.714 bits per heavy atom. The smallest absolute Gasteiger partial charge is 0.150 e. The van der Waals surface area contributed by atoms with Gasteiger partial charge in [0.25, 0.3) is 0 Å². The third-order valence-electron chi connectivity index (χ3n) is 3.46. The summed E-state index contributed by atoms with van der Waals surface area (Å²) in [5, 5.41) is 10.1. The fraction of sp³-hybridized carbons (Fsp3) is 0. The molecule has 0 bridgehead atoms. The Hall–Kier alpha value is -2.87. The summed E-state index contributed by atoms with van der Waals surface area (Å²) in [7, 11) is 0. The number of phenols is 1. The highest BCUT2D eigenvalue weighted by Crippen LogP contribution is 2.33. The first kappa shape index (κ1) is 13.1. The topological polar surface area (TPSA) is 37.3 Å². The molecule has 0 spiro atoms. The molecule has 102 valence electrons. The van der Waals surface area contributed by atoms with Crippen LogP contribution in [0, 0.1) is 0 Å². The van der Waals surface area contributed by atoms with Gasteiger partial charge in [-0.05, 0) is 28.8 Å². The predicted octanol–water partition coefficient (Wildman–Crippen LogP) is 4.54. The van der Waals surface area contributed by atoms with Crippen molar-refractivity contribution in [2.75, 3.05) is 0 Å². The first-order chi connectivity index (χ1) is 10.3. The first-order valence-electron chi connectivity index (χ1n) is 6.72. The molecular weight excluding hydrogens is 260 g/mol. The van der Waals surface area contributed by atoms with Gasteiger partial charge in [0.15, 0.2) is 0 Å². The van der Waals surface area contributed by atoms with E-state index < -0.39 is 0 Å². The number of carbonyl (C=O) groups is 1. The molecule has 3 aromatic rings. The number of hydrogen-bond acceptors (Lipinski definition) is 2. The molecule has 0 amide bonds. The maximum Gasteiger partial charge on any atom is 0.150 e. The second kappa shape index (κ2) is 5.63. The lowest BCUT2D eigenvalue weighted by Crippen LogP contribution is -1.84. The fourth-order valence-electron chi connectivity index (χ4n) is 2.32. The molecule has 0 unspecified atom stereocenters. The molecule has 0 aromatic heterocycles. The van der Waals surface area contributed by atoms with Gasteiger partial charge in [-0.3, -0.25) is 4.79 Å². The van der Waals surface area contributed by atoms with E-state index in [1.165, 1.54) is 0 Å². The molecule has 0 saturated carbocycles. The van der Waals surface area contributed by atoms with Crippen LogP contribution in [0.3, 0.4) is 0 Å². The van der Waals surface area contributed by atoms with Crippen LogP contribution in [-0.4, -0.2) is 11.4 Å². The molecule has 21 heavy (non-hydrogen) atoms. The minimum Gasteiger partial charge on any atom is -0.507 e. The average Bonchev–Trinajstić information content (AvgIpc) is 2.56. The summed E-state index contributed by atoms with van der Waals surface area (Å²) in [6.07, 6.45) is 0.829. The summed E-state index contributed by atoms with van der Waals surface area (Å²) in [4.78, 5) is 10.7. The summed E-state index contributed by atoms with van der Waals surface area (Å²) in [6.45, 7) is 0. The number of phenolic OH excluding ortho intramolecular Hbond substituents is 1. The molecule has 3 rings (SSSR count). The predicted molar refractivity (Wildman–Crippen MR) is 84.4 cm³/mol. The van der Waals surface area contributed by atoms with Crippen LogP contribution >= 0.6 is 0 Å². The zero-order valence-corrected chi connectivity index (χ0v) is 11.4. The molecule has 1 N–H and O–H groups in total. The van der Waals surface area contributed by atoms with E-state index in [0.717, 1.165) is 28.5 Å². The lowest BCUT2D eigenvalue weighted by atomic mass is 9.98. The molecule has 0 fully saturated rings. The highest BCUT2D eigenvalue weighted by Gasteiger charge is 2.06. The van der Waals surface area contributed by atoms with Gasteiger partial charge in [0.05, 0.1) is 0 Å². The zero-order valence-electron chi connectivity index (χ0n) is 11.4. The van der Waals surface area contributed by atoms with Crippen LogP contribution in [0.25, 0.3) is 22.3 Å². The van der Waals surface area contributed by atoms with Crippen molar-refractivity contribution in [1.82, 2.24) is 0 Å². The summed E-state index contributed by atoms with van der Waals surface area (Å²) >= 11 is 0. The molecule has 0 aliphatic heterocycles. The van der Waals surface area contributed by atoms with E-state index in [9.17, 15) is 9.90 Å². The molecule has 2 nitrogen and oxygen atoms in total. The van der Waals surface area contributed by atoms with E-state index in [0.29, 0.717) is 5.56 Å². The Morgan fingerprint density at radius 3 is 2.05 bits per heavy atom. The molecule has 0 saturated heterocycles. The molecule has 0 heterocycles. The summed E-state index contributed by atoms with van der Waals surface area (Å²) in [5.41, 5.74) is 4.44. The highest BCUT2D eigenvalue weighted by atomic mass is 16.3. The van der Waals surface area contributed by atoms with Crippen molar-refractivity contribution in [2.24, 2.45) is 0 Å². The van der Waals surface area contributed by atoms with Crippen LogP contribution in [0.4, 0.5) is 0 Å². The maximum atomic E-state index is 10.7. The van der Waals surface area contributed by atoms with Gasteiger partial charge in [-0.15, -0.1) is 0 Å². The van der Waals surface area contributed by atoms with Gasteiger partial charge >= 0.3 is 0 Å². The van der Waals surface area contributed by atoms with E-state index in [2.05, 4.69) is 0 Å². The van der Waals surface area contributed by atoms with Crippen molar-refractivity contribution in [3.8, 4) is 28.0 Å². The van der Waals surface area contributed by atoms with Gasteiger partial charge in [-0.1, -0.05) is 60.7 Å². The van der Waals surface area contributed by atoms with E-state index in [4.69, 9.17) is 0 Å². The van der Waals surface area contributed by atoms with Gasteiger partial charge in [0, 0.05) is 11.1 Å². The van der Waals surface area contributed by atoms with Crippen molar-refractivity contribution in [3.05, 3.63) is 78.4 Å². The van der Waals surface area contributed by atoms with Gasteiger partial charge in [0.2, 0.25) is 0 Å². The first-order valence-corrected chi connectivity index (χ1v) is 6.72. The maximum absolute atomic E-state index is 10.7. The standard InChI is InChI=1S/C19H14O2/c20-13-14-6-8-15(9-7-14)17-10-11-19(21)18(12-17)16-4-2-1-3-5-16/h1-13,21H. The molecule has 2 heteroatoms. The number of aldehydes is 1. The van der Waals surface area contributed by atoms with Crippen LogP contribution in [0.15, 0.2) is 72.8 Å². The van der Waals surface area contributed by atoms with Crippen LogP contribution in [-0.2, 0) is 0 Å². The Morgan fingerprint density at radius 2 is 1.38 bits per heavy atom. The van der Waals surface area contributed by atoms with Gasteiger partial charge < -0.3 is 5.11 Å². The fourth-order valence-corrected chi connectivity index (χ4v) is 2.32. The molecule has 3 aromatic carbocycles. The molecule has 0 radical (unpaired) electrons. The minimum atomic E-state index is 0.259. The zero-order chi connectivity index (χ0) is 14.7. The van der Waals surface area contributed by atoms with Crippen molar-refractivity contribution >= 4 is 6.29 Å². The highest BCUT2D eigenvalue weighted by molar-refractivity contribution is 5.80. The van der Waals surface area contributed by atoms with Gasteiger partial charge in [-0.25, -0.2) is 0 Å². The Bertz CT molecular complexity index is 759. The Labute approximate surface area is 123 Å². The van der Waals surface area contributed by atoms with Gasteiger partial charge in [-0.2, -0.15) is 0 Å². The van der Waals surface area contributed by atoms with E-state index >= 15 is 0 Å². The summed E-state index contributed by atoms with van der Waals surface area (Å²) in [6, 6.07) is 22.7. The second-order valence-corrected chi connectivity index (χ2v) is 4.84. The molecular formula is C19H14O2. The lowest BCUT2D eigenvalue weighted by Gasteiger charge is -2.08. The monoisotopic (exact) mass is 274 g/mol. The normalized spacial score (nSPS) is 10.3. The Kier molecular flexibility index (Phi) is 3.52. The quantitative estimate of drug-likeness (QED) is 0.712. The number of benzene rings is 3. The Balaban J connectivity index is 2.06. The summed E-state index contributed by atoms with van der Waals surface area (Å²) < 4.78 is 0. The SMILES string of the molecule is O=Cc1ccc(-c2ccc(O)c(-c3ccccc3)c2)cc1. The van der Waals surface area contributed by atoms with Crippen LogP contribution < -0.4 is 0 Å². The number of aromatic hydroxyl groups is 1. The van der Waals surface area contributed by atoms with Gasteiger partial charge in [0.1, 0.15) is 12.0 Å². The van der Waals surface area contributed by atoms with Crippen LogP contribution in [0.1, 0.15) is 10.4 Å². The third-order valence-corrected chi connectivity index (χ3v) is 3.46. The minimum absolute atomic E-state index is 0.259. The third kappa shape index (κ3) is 2.70. The van der Waals surface area contributed by atoms with Crippen molar-refractivity contribution in [2.45, 2.75) is 0 Å². The van der Waals surface area contributed by atoms with E-state index in [1.807, 2.05) is 54.6 Å². The average molecular weight is 274 g/mol. The van der Waals surface area contributed by atoms with Crippen molar-refractivity contribution < 1.29 is 9.90 Å². The number of carbonyl (C=O) groups excluding carboxylic acids is 1. The summed E-state index contributed by atoms with van der Waals surface area (Å²) in [5.74, 6) is 0.259. The molecule has 0 aliphatic carbocycles. The van der Waals surface area contributed by atoms with Crippen molar-refractivity contribution in [1.29, 1.82) is 0 Å².